The SMILES string of the molecule is CC1CN(C(=O)c2nc3cccnc3s2)c2cccc(Cl)c2O1. The molecule has 1 unspecified atom stereocenters. The van der Waals surface area contributed by atoms with Crippen molar-refractivity contribution in [3.63, 3.8) is 0 Å². The van der Waals surface area contributed by atoms with Crippen molar-refractivity contribution in [2.75, 3.05) is 11.4 Å². The maximum absolute atomic E-state index is 12.9. The lowest BCUT2D eigenvalue weighted by atomic mass is 10.2. The van der Waals surface area contributed by atoms with Gasteiger partial charge in [-0.3, -0.25) is 9.69 Å². The molecule has 0 spiro atoms. The van der Waals surface area contributed by atoms with Crippen molar-refractivity contribution in [1.29, 1.82) is 0 Å². The second-order valence-corrected chi connectivity index (χ2v) is 6.66. The van der Waals surface area contributed by atoms with Crippen LogP contribution in [0, 0.1) is 0 Å². The molecular formula is C16H12ClN3O2S. The Morgan fingerprint density at radius 3 is 3.09 bits per heavy atom. The van der Waals surface area contributed by atoms with E-state index in [2.05, 4.69) is 9.97 Å². The lowest BCUT2D eigenvalue weighted by molar-refractivity contribution is 0.0961. The third kappa shape index (κ3) is 2.44. The third-order valence-electron chi connectivity index (χ3n) is 3.59. The minimum Gasteiger partial charge on any atom is -0.485 e. The van der Waals surface area contributed by atoms with Crippen LogP contribution in [0.2, 0.25) is 5.02 Å². The molecule has 2 aromatic heterocycles. The van der Waals surface area contributed by atoms with Crippen molar-refractivity contribution < 1.29 is 9.53 Å². The number of para-hydroxylation sites is 1. The minimum absolute atomic E-state index is 0.140. The van der Waals surface area contributed by atoms with E-state index < -0.39 is 0 Å². The first kappa shape index (κ1) is 14.4. The van der Waals surface area contributed by atoms with Crippen LogP contribution in [0.5, 0.6) is 5.75 Å². The van der Waals surface area contributed by atoms with E-state index in [1.807, 2.05) is 25.1 Å². The van der Waals surface area contributed by atoms with Gasteiger partial charge in [0, 0.05) is 6.20 Å². The van der Waals surface area contributed by atoms with Crippen LogP contribution in [0.15, 0.2) is 36.5 Å². The van der Waals surface area contributed by atoms with Crippen molar-refractivity contribution in [1.82, 2.24) is 9.97 Å². The van der Waals surface area contributed by atoms with Crippen LogP contribution in [-0.4, -0.2) is 28.5 Å². The maximum atomic E-state index is 12.9. The molecule has 116 valence electrons. The number of fused-ring (bicyclic) bond motifs is 2. The molecule has 0 fully saturated rings. The van der Waals surface area contributed by atoms with Gasteiger partial charge in [-0.25, -0.2) is 9.97 Å². The predicted molar refractivity (Wildman–Crippen MR) is 90.6 cm³/mol. The highest BCUT2D eigenvalue weighted by molar-refractivity contribution is 7.20. The highest BCUT2D eigenvalue weighted by Gasteiger charge is 2.31. The topological polar surface area (TPSA) is 55.3 Å². The fourth-order valence-electron chi connectivity index (χ4n) is 2.59. The summed E-state index contributed by atoms with van der Waals surface area (Å²) in [5.41, 5.74) is 1.40. The van der Waals surface area contributed by atoms with Gasteiger partial charge in [-0.2, -0.15) is 0 Å². The van der Waals surface area contributed by atoms with Crippen LogP contribution >= 0.6 is 22.9 Å². The molecule has 3 heterocycles. The first-order valence-electron chi connectivity index (χ1n) is 7.12. The normalized spacial score (nSPS) is 17.0. The smallest absolute Gasteiger partial charge is 0.287 e. The van der Waals surface area contributed by atoms with E-state index in [0.29, 0.717) is 28.0 Å². The Labute approximate surface area is 141 Å². The number of ether oxygens (including phenoxy) is 1. The number of carbonyl (C=O) groups excluding carboxylic acids is 1. The third-order valence-corrected chi connectivity index (χ3v) is 4.86. The summed E-state index contributed by atoms with van der Waals surface area (Å²) in [4.78, 5) is 24.0. The van der Waals surface area contributed by atoms with Gasteiger partial charge in [0.1, 0.15) is 16.5 Å². The molecule has 0 radical (unpaired) electrons. The highest BCUT2D eigenvalue weighted by atomic mass is 35.5. The molecule has 0 bridgehead atoms. The molecule has 1 aliphatic rings. The molecule has 0 saturated heterocycles. The number of benzene rings is 1. The van der Waals surface area contributed by atoms with E-state index in [1.54, 1.807) is 23.2 Å². The van der Waals surface area contributed by atoms with E-state index >= 15 is 0 Å². The average Bonchev–Trinajstić information content (AvgIpc) is 2.98. The number of amides is 1. The lowest BCUT2D eigenvalue weighted by Crippen LogP contribution is -2.42. The number of carbonyl (C=O) groups is 1. The van der Waals surface area contributed by atoms with Crippen LogP contribution in [0.25, 0.3) is 10.3 Å². The van der Waals surface area contributed by atoms with Gasteiger partial charge in [-0.1, -0.05) is 29.0 Å². The van der Waals surface area contributed by atoms with E-state index in [0.717, 1.165) is 10.3 Å². The summed E-state index contributed by atoms with van der Waals surface area (Å²) in [6, 6.07) is 9.05. The Bertz CT molecular complexity index is 878. The molecule has 7 heteroatoms. The molecule has 0 aliphatic carbocycles. The van der Waals surface area contributed by atoms with Gasteiger partial charge in [0.2, 0.25) is 0 Å². The summed E-state index contributed by atoms with van der Waals surface area (Å²) >= 11 is 7.49. The second-order valence-electron chi connectivity index (χ2n) is 5.28. The first-order chi connectivity index (χ1) is 11.1. The quantitative estimate of drug-likeness (QED) is 0.673. The van der Waals surface area contributed by atoms with Gasteiger partial charge < -0.3 is 4.74 Å². The summed E-state index contributed by atoms with van der Waals surface area (Å²) in [7, 11) is 0. The Hall–Kier alpha value is -2.18. The Kier molecular flexibility index (Phi) is 3.43. The number of hydrogen-bond acceptors (Lipinski definition) is 5. The van der Waals surface area contributed by atoms with Crippen molar-refractivity contribution in [3.05, 3.63) is 46.6 Å². The zero-order chi connectivity index (χ0) is 16.0. The molecule has 1 amide bonds. The zero-order valence-corrected chi connectivity index (χ0v) is 13.8. The van der Waals surface area contributed by atoms with Gasteiger partial charge in [0.25, 0.3) is 5.91 Å². The highest BCUT2D eigenvalue weighted by Crippen LogP contribution is 2.40. The van der Waals surface area contributed by atoms with Crippen LogP contribution in [0.3, 0.4) is 0 Å². The van der Waals surface area contributed by atoms with E-state index in [-0.39, 0.29) is 12.0 Å². The molecule has 1 atom stereocenters. The molecule has 0 saturated carbocycles. The summed E-state index contributed by atoms with van der Waals surface area (Å²) in [5.74, 6) is 0.382. The molecule has 0 N–H and O–H groups in total. The summed E-state index contributed by atoms with van der Waals surface area (Å²) in [5, 5.41) is 0.913. The number of rotatable bonds is 1. The molecule has 1 aliphatic heterocycles. The van der Waals surface area contributed by atoms with Crippen LogP contribution in [0.4, 0.5) is 5.69 Å². The summed E-state index contributed by atoms with van der Waals surface area (Å²) in [6.07, 6.45) is 1.56. The van der Waals surface area contributed by atoms with Crippen molar-refractivity contribution in [2.24, 2.45) is 0 Å². The molecule has 23 heavy (non-hydrogen) atoms. The first-order valence-corrected chi connectivity index (χ1v) is 8.31. The maximum Gasteiger partial charge on any atom is 0.287 e. The number of aromatic nitrogens is 2. The zero-order valence-electron chi connectivity index (χ0n) is 12.2. The van der Waals surface area contributed by atoms with Crippen LogP contribution < -0.4 is 9.64 Å². The predicted octanol–water partition coefficient (Wildman–Crippen LogP) is 3.77. The second kappa shape index (κ2) is 5.47. The van der Waals surface area contributed by atoms with Crippen LogP contribution in [-0.2, 0) is 0 Å². The van der Waals surface area contributed by atoms with Crippen LogP contribution in [0.1, 0.15) is 16.7 Å². The fourth-order valence-corrected chi connectivity index (χ4v) is 3.66. The largest absolute Gasteiger partial charge is 0.485 e. The lowest BCUT2D eigenvalue weighted by Gasteiger charge is -2.33. The molecular weight excluding hydrogens is 334 g/mol. The van der Waals surface area contributed by atoms with Crippen molar-refractivity contribution in [2.45, 2.75) is 13.0 Å². The summed E-state index contributed by atoms with van der Waals surface area (Å²) in [6.45, 7) is 2.36. The molecule has 1 aromatic carbocycles. The Morgan fingerprint density at radius 2 is 2.26 bits per heavy atom. The number of hydrogen-bond donors (Lipinski definition) is 0. The number of pyridine rings is 1. The van der Waals surface area contributed by atoms with Crippen molar-refractivity contribution in [3.8, 4) is 5.75 Å². The molecule has 4 rings (SSSR count). The number of thiazole rings is 1. The number of halogens is 1. The number of anilines is 1. The molecule has 5 nitrogen and oxygen atoms in total. The van der Waals surface area contributed by atoms with E-state index in [4.69, 9.17) is 16.3 Å². The Morgan fingerprint density at radius 1 is 1.39 bits per heavy atom. The average molecular weight is 346 g/mol. The Balaban J connectivity index is 1.78. The number of nitrogens with zero attached hydrogens (tertiary/aromatic N) is 3. The van der Waals surface area contributed by atoms with E-state index in [9.17, 15) is 4.79 Å². The van der Waals surface area contributed by atoms with Gasteiger partial charge in [0.15, 0.2) is 10.8 Å². The fraction of sp³-hybridized carbons (Fsp3) is 0.188. The summed E-state index contributed by atoms with van der Waals surface area (Å²) < 4.78 is 5.78. The van der Waals surface area contributed by atoms with Crippen molar-refractivity contribution >= 4 is 44.9 Å². The minimum atomic E-state index is -0.160. The monoisotopic (exact) mass is 345 g/mol. The van der Waals surface area contributed by atoms with Gasteiger partial charge in [-0.05, 0) is 31.2 Å². The standard InChI is InChI=1S/C16H12ClN3O2S/c1-9-8-20(12-6-2-4-10(17)13(12)22-9)16(21)15-19-11-5-3-7-18-14(11)23-15/h2-7,9H,8H2,1H3. The van der Waals surface area contributed by atoms with Gasteiger partial charge in [0.05, 0.1) is 17.3 Å². The van der Waals surface area contributed by atoms with Gasteiger partial charge >= 0.3 is 0 Å². The van der Waals surface area contributed by atoms with E-state index in [1.165, 1.54) is 11.3 Å². The van der Waals surface area contributed by atoms with Gasteiger partial charge in [-0.15, -0.1) is 0 Å². The molecule has 3 aromatic rings.